The summed E-state index contributed by atoms with van der Waals surface area (Å²) >= 11 is 0. The predicted molar refractivity (Wildman–Crippen MR) is 60.7 cm³/mol. The molecule has 0 aromatic heterocycles. The van der Waals surface area contributed by atoms with Crippen molar-refractivity contribution in [3.63, 3.8) is 0 Å². The lowest BCUT2D eigenvalue weighted by Crippen LogP contribution is -2.21. The molecule has 0 fully saturated rings. The fourth-order valence-electron chi connectivity index (χ4n) is 1.88. The van der Waals surface area contributed by atoms with Gasteiger partial charge in [0.05, 0.1) is 12.6 Å². The minimum absolute atomic E-state index is 0.124. The van der Waals surface area contributed by atoms with E-state index in [1.165, 1.54) is 13.8 Å². The van der Waals surface area contributed by atoms with E-state index in [0.29, 0.717) is 22.6 Å². The average molecular weight is 241 g/mol. The Balaban J connectivity index is 2.55. The molecular formula is C12H16FNO3. The summed E-state index contributed by atoms with van der Waals surface area (Å²) < 4.78 is 24.5. The Labute approximate surface area is 99.1 Å². The fourth-order valence-corrected chi connectivity index (χ4v) is 1.88. The minimum atomic E-state index is -1.55. The van der Waals surface area contributed by atoms with Crippen LogP contribution in [-0.4, -0.2) is 18.5 Å². The summed E-state index contributed by atoms with van der Waals surface area (Å²) in [5.41, 5.74) is 5.19. The number of halogens is 1. The van der Waals surface area contributed by atoms with Gasteiger partial charge in [0, 0.05) is 0 Å². The molecule has 94 valence electrons. The highest BCUT2D eigenvalue weighted by Gasteiger charge is 2.28. The van der Waals surface area contributed by atoms with E-state index in [1.54, 1.807) is 12.1 Å². The van der Waals surface area contributed by atoms with Crippen LogP contribution in [0.1, 0.15) is 31.0 Å². The first-order valence-electron chi connectivity index (χ1n) is 5.43. The molecule has 1 aromatic carbocycles. The second-order valence-corrected chi connectivity index (χ2v) is 4.55. The zero-order valence-electron chi connectivity index (χ0n) is 9.87. The van der Waals surface area contributed by atoms with Gasteiger partial charge in [0.15, 0.2) is 11.5 Å². The lowest BCUT2D eigenvalue weighted by Gasteiger charge is -2.22. The molecule has 0 saturated carbocycles. The number of aliphatic hydroxyl groups is 1. The van der Waals surface area contributed by atoms with Crippen LogP contribution in [0.15, 0.2) is 12.1 Å². The summed E-state index contributed by atoms with van der Waals surface area (Å²) in [4.78, 5) is 0. The van der Waals surface area contributed by atoms with E-state index in [4.69, 9.17) is 20.3 Å². The largest absolute Gasteiger partial charge is 0.454 e. The van der Waals surface area contributed by atoms with Crippen molar-refractivity contribution < 1.29 is 19.0 Å². The number of fused-ring (bicyclic) bond motifs is 1. The van der Waals surface area contributed by atoms with E-state index in [1.807, 2.05) is 0 Å². The highest BCUT2D eigenvalue weighted by Crippen LogP contribution is 2.41. The zero-order valence-corrected chi connectivity index (χ0v) is 9.87. The van der Waals surface area contributed by atoms with E-state index in [9.17, 15) is 4.39 Å². The standard InChI is InChI=1S/C12H16FNO3/c1-12(2,13)8-4-11-10(16-6-17-11)3-7(8)9(14)5-15/h3-4,9,15H,5-6,14H2,1-2H3. The van der Waals surface area contributed by atoms with Gasteiger partial charge in [0.25, 0.3) is 0 Å². The van der Waals surface area contributed by atoms with Crippen molar-refractivity contribution in [1.82, 2.24) is 0 Å². The van der Waals surface area contributed by atoms with Gasteiger partial charge >= 0.3 is 0 Å². The summed E-state index contributed by atoms with van der Waals surface area (Å²) in [7, 11) is 0. The average Bonchev–Trinajstić information content (AvgIpc) is 2.72. The van der Waals surface area contributed by atoms with Crippen LogP contribution < -0.4 is 15.2 Å². The molecule has 5 heteroatoms. The number of hydrogen-bond acceptors (Lipinski definition) is 4. The quantitative estimate of drug-likeness (QED) is 0.843. The van der Waals surface area contributed by atoms with Gasteiger partial charge in [0.1, 0.15) is 5.67 Å². The maximum absolute atomic E-state index is 14.1. The third-order valence-corrected chi connectivity index (χ3v) is 2.78. The first kappa shape index (κ1) is 12.1. The molecule has 1 aliphatic rings. The summed E-state index contributed by atoms with van der Waals surface area (Å²) in [6.45, 7) is 2.76. The maximum atomic E-state index is 14.1. The molecule has 1 aromatic rings. The summed E-state index contributed by atoms with van der Waals surface area (Å²) in [6, 6.07) is 2.60. The van der Waals surface area contributed by atoms with Crippen LogP contribution in [0.3, 0.4) is 0 Å². The molecule has 1 atom stereocenters. The Morgan fingerprint density at radius 1 is 1.41 bits per heavy atom. The topological polar surface area (TPSA) is 64.7 Å². The van der Waals surface area contributed by atoms with E-state index >= 15 is 0 Å². The van der Waals surface area contributed by atoms with E-state index in [0.717, 1.165) is 0 Å². The molecule has 2 rings (SSSR count). The van der Waals surface area contributed by atoms with E-state index < -0.39 is 11.7 Å². The highest BCUT2D eigenvalue weighted by molar-refractivity contribution is 5.51. The first-order chi connectivity index (χ1) is 7.93. The number of hydrogen-bond donors (Lipinski definition) is 2. The summed E-state index contributed by atoms with van der Waals surface area (Å²) in [6.07, 6.45) is 0. The molecule has 0 spiro atoms. The van der Waals surface area contributed by atoms with Crippen molar-refractivity contribution >= 4 is 0 Å². The van der Waals surface area contributed by atoms with Gasteiger partial charge in [0.2, 0.25) is 6.79 Å². The first-order valence-corrected chi connectivity index (χ1v) is 5.43. The monoisotopic (exact) mass is 241 g/mol. The normalized spacial score (nSPS) is 16.1. The number of aliphatic hydroxyl groups excluding tert-OH is 1. The summed E-state index contributed by atoms with van der Waals surface area (Å²) in [5, 5.41) is 9.11. The predicted octanol–water partition coefficient (Wildman–Crippen LogP) is 1.61. The highest BCUT2D eigenvalue weighted by atomic mass is 19.1. The van der Waals surface area contributed by atoms with Gasteiger partial charge in [-0.1, -0.05) is 0 Å². The van der Waals surface area contributed by atoms with E-state index in [2.05, 4.69) is 0 Å². The molecule has 0 radical (unpaired) electrons. The Hall–Kier alpha value is -1.33. The maximum Gasteiger partial charge on any atom is 0.231 e. The van der Waals surface area contributed by atoms with Crippen molar-refractivity contribution in [2.45, 2.75) is 25.6 Å². The van der Waals surface area contributed by atoms with Crippen LogP contribution >= 0.6 is 0 Å². The lowest BCUT2D eigenvalue weighted by atomic mass is 9.90. The zero-order chi connectivity index (χ0) is 12.6. The van der Waals surface area contributed by atoms with Gasteiger partial charge in [-0.2, -0.15) is 0 Å². The minimum Gasteiger partial charge on any atom is -0.454 e. The Bertz CT molecular complexity index is 428. The summed E-state index contributed by atoms with van der Waals surface area (Å²) in [5.74, 6) is 1.05. The van der Waals surface area contributed by atoms with Gasteiger partial charge in [-0.3, -0.25) is 0 Å². The molecule has 17 heavy (non-hydrogen) atoms. The number of alkyl halides is 1. The Morgan fingerprint density at radius 2 is 2.00 bits per heavy atom. The Kier molecular flexibility index (Phi) is 2.97. The van der Waals surface area contributed by atoms with Crippen LogP contribution in [0.25, 0.3) is 0 Å². The van der Waals surface area contributed by atoms with Crippen LogP contribution in [0.5, 0.6) is 11.5 Å². The molecular weight excluding hydrogens is 225 g/mol. The van der Waals surface area contributed by atoms with Crippen molar-refractivity contribution in [2.75, 3.05) is 13.4 Å². The van der Waals surface area contributed by atoms with Gasteiger partial charge in [-0.25, -0.2) is 4.39 Å². The fraction of sp³-hybridized carbons (Fsp3) is 0.500. The van der Waals surface area contributed by atoms with Crippen LogP contribution in [0, 0.1) is 0 Å². The number of nitrogens with two attached hydrogens (primary N) is 1. The third-order valence-electron chi connectivity index (χ3n) is 2.78. The van der Waals surface area contributed by atoms with Crippen molar-refractivity contribution in [1.29, 1.82) is 0 Å². The Morgan fingerprint density at radius 3 is 2.53 bits per heavy atom. The molecule has 4 nitrogen and oxygen atoms in total. The van der Waals surface area contributed by atoms with Crippen LogP contribution in [-0.2, 0) is 5.67 Å². The molecule has 1 aliphatic heterocycles. The number of rotatable bonds is 3. The van der Waals surface area contributed by atoms with E-state index in [-0.39, 0.29) is 13.4 Å². The van der Waals surface area contributed by atoms with Crippen LogP contribution in [0.4, 0.5) is 4.39 Å². The third kappa shape index (κ3) is 2.21. The SMILES string of the molecule is CC(C)(F)c1cc2c(cc1C(N)CO)OCO2. The number of benzene rings is 1. The van der Waals surface area contributed by atoms with Crippen LogP contribution in [0.2, 0.25) is 0 Å². The molecule has 1 unspecified atom stereocenters. The molecule has 0 bridgehead atoms. The van der Waals surface area contributed by atoms with Crippen molar-refractivity contribution in [3.8, 4) is 11.5 Å². The van der Waals surface area contributed by atoms with Gasteiger partial charge in [-0.15, -0.1) is 0 Å². The molecule has 0 aliphatic carbocycles. The van der Waals surface area contributed by atoms with Gasteiger partial charge in [-0.05, 0) is 37.1 Å². The lowest BCUT2D eigenvalue weighted by molar-refractivity contribution is 0.173. The molecule has 3 N–H and O–H groups in total. The van der Waals surface area contributed by atoms with Gasteiger partial charge < -0.3 is 20.3 Å². The number of ether oxygens (including phenoxy) is 2. The molecule has 0 amide bonds. The molecule has 0 saturated heterocycles. The second kappa shape index (κ2) is 4.16. The second-order valence-electron chi connectivity index (χ2n) is 4.55. The van der Waals surface area contributed by atoms with Crippen molar-refractivity contribution in [3.05, 3.63) is 23.3 Å². The molecule has 1 heterocycles. The van der Waals surface area contributed by atoms with Crippen molar-refractivity contribution in [2.24, 2.45) is 5.73 Å². The smallest absolute Gasteiger partial charge is 0.231 e.